The molecule has 0 aliphatic carbocycles. The third-order valence-electron chi connectivity index (χ3n) is 2.67. The summed E-state index contributed by atoms with van der Waals surface area (Å²) in [7, 11) is 0. The first-order valence-electron chi connectivity index (χ1n) is 6.14. The zero-order valence-corrected chi connectivity index (χ0v) is 10.8. The first-order valence-corrected chi connectivity index (χ1v) is 6.14. The largest absolute Gasteiger partial charge is 0.399 e. The quantitative estimate of drug-likeness (QED) is 0.583. The van der Waals surface area contributed by atoms with Crippen molar-refractivity contribution in [3.8, 4) is 0 Å². The number of hydrogen-bond acceptors (Lipinski definition) is 3. The molecule has 5 nitrogen and oxygen atoms in total. The van der Waals surface area contributed by atoms with Crippen LogP contribution in [0.1, 0.15) is 5.56 Å². The van der Waals surface area contributed by atoms with Gasteiger partial charge in [0.15, 0.2) is 0 Å². The van der Waals surface area contributed by atoms with Gasteiger partial charge in [0.05, 0.1) is 0 Å². The van der Waals surface area contributed by atoms with E-state index in [1.807, 2.05) is 6.07 Å². The van der Waals surface area contributed by atoms with E-state index in [0.717, 1.165) is 5.56 Å². The lowest BCUT2D eigenvalue weighted by Gasteiger charge is -2.06. The van der Waals surface area contributed by atoms with Crippen LogP contribution < -0.4 is 16.4 Å². The van der Waals surface area contributed by atoms with Crippen LogP contribution in [0.2, 0.25) is 0 Å². The molecule has 0 fully saturated rings. The summed E-state index contributed by atoms with van der Waals surface area (Å²) in [5.41, 5.74) is 7.68. The van der Waals surface area contributed by atoms with Crippen molar-refractivity contribution in [3.05, 3.63) is 60.2 Å². The van der Waals surface area contributed by atoms with Gasteiger partial charge in [0.2, 0.25) is 0 Å². The van der Waals surface area contributed by atoms with Crippen molar-refractivity contribution in [3.63, 3.8) is 0 Å². The van der Waals surface area contributed by atoms with Crippen LogP contribution in [0.5, 0.6) is 0 Å². The number of hydrogen-bond donors (Lipinski definition) is 3. The molecule has 102 valence electrons. The van der Waals surface area contributed by atoms with Gasteiger partial charge in [0.1, 0.15) is 0 Å². The van der Waals surface area contributed by atoms with Crippen molar-refractivity contribution in [1.82, 2.24) is 5.32 Å². The van der Waals surface area contributed by atoms with Crippen molar-refractivity contribution >= 4 is 23.2 Å². The maximum Gasteiger partial charge on any atom is 0.313 e. The second kappa shape index (κ2) is 6.38. The van der Waals surface area contributed by atoms with E-state index in [9.17, 15) is 9.59 Å². The molecular weight excluding hydrogens is 254 g/mol. The fourth-order valence-electron chi connectivity index (χ4n) is 1.61. The van der Waals surface area contributed by atoms with Crippen LogP contribution in [0.25, 0.3) is 0 Å². The van der Waals surface area contributed by atoms with Gasteiger partial charge in [-0.2, -0.15) is 0 Å². The normalized spacial score (nSPS) is 9.80. The van der Waals surface area contributed by atoms with Gasteiger partial charge in [-0.1, -0.05) is 30.3 Å². The van der Waals surface area contributed by atoms with E-state index >= 15 is 0 Å². The fourth-order valence-corrected chi connectivity index (χ4v) is 1.61. The second-order valence-electron chi connectivity index (χ2n) is 4.24. The summed E-state index contributed by atoms with van der Waals surface area (Å²) < 4.78 is 0. The van der Waals surface area contributed by atoms with Gasteiger partial charge >= 0.3 is 11.8 Å². The van der Waals surface area contributed by atoms with Crippen LogP contribution in [0.4, 0.5) is 11.4 Å². The van der Waals surface area contributed by atoms with E-state index in [1.54, 1.807) is 48.5 Å². The van der Waals surface area contributed by atoms with E-state index < -0.39 is 11.8 Å². The third-order valence-corrected chi connectivity index (χ3v) is 2.67. The minimum Gasteiger partial charge on any atom is -0.399 e. The maximum absolute atomic E-state index is 11.6. The Morgan fingerprint density at radius 2 is 1.55 bits per heavy atom. The lowest BCUT2D eigenvalue weighted by Crippen LogP contribution is -2.34. The number of nitrogen functional groups attached to an aromatic ring is 1. The highest BCUT2D eigenvalue weighted by atomic mass is 16.2. The van der Waals surface area contributed by atoms with Gasteiger partial charge in [-0.25, -0.2) is 0 Å². The Morgan fingerprint density at radius 1 is 0.900 bits per heavy atom. The van der Waals surface area contributed by atoms with Crippen LogP contribution in [0.15, 0.2) is 54.6 Å². The number of carbonyl (C=O) groups is 2. The highest BCUT2D eigenvalue weighted by molar-refractivity contribution is 6.39. The molecule has 5 heteroatoms. The number of rotatable bonds is 3. The van der Waals surface area contributed by atoms with Crippen LogP contribution in [-0.2, 0) is 16.1 Å². The topological polar surface area (TPSA) is 84.2 Å². The molecule has 0 saturated heterocycles. The van der Waals surface area contributed by atoms with Gasteiger partial charge < -0.3 is 16.4 Å². The zero-order valence-electron chi connectivity index (χ0n) is 10.8. The van der Waals surface area contributed by atoms with E-state index in [0.29, 0.717) is 11.4 Å². The molecule has 0 spiro atoms. The molecule has 0 radical (unpaired) electrons. The number of carbonyl (C=O) groups excluding carboxylic acids is 2. The van der Waals surface area contributed by atoms with Gasteiger partial charge in [0, 0.05) is 17.9 Å². The summed E-state index contributed by atoms with van der Waals surface area (Å²) in [5, 5.41) is 5.06. The monoisotopic (exact) mass is 269 g/mol. The molecule has 2 aromatic rings. The van der Waals surface area contributed by atoms with Gasteiger partial charge in [-0.3, -0.25) is 9.59 Å². The smallest absolute Gasteiger partial charge is 0.313 e. The standard InChI is InChI=1S/C15H15N3O2/c16-12-8-6-11(7-9-12)10-17-14(19)15(20)18-13-4-2-1-3-5-13/h1-9H,10,16H2,(H,17,19)(H,18,20). The molecule has 0 aliphatic heterocycles. The fraction of sp³-hybridized carbons (Fsp3) is 0.0667. The van der Waals surface area contributed by atoms with E-state index in [2.05, 4.69) is 10.6 Å². The summed E-state index contributed by atoms with van der Waals surface area (Å²) in [6, 6.07) is 15.9. The maximum atomic E-state index is 11.6. The van der Waals surface area contributed by atoms with Crippen molar-refractivity contribution < 1.29 is 9.59 Å². The van der Waals surface area contributed by atoms with Crippen molar-refractivity contribution in [2.45, 2.75) is 6.54 Å². The molecule has 2 aromatic carbocycles. The molecule has 0 saturated carbocycles. The molecule has 0 heterocycles. The predicted octanol–water partition coefficient (Wildman–Crippen LogP) is 1.52. The summed E-state index contributed by atoms with van der Waals surface area (Å²) in [4.78, 5) is 23.3. The Balaban J connectivity index is 1.85. The highest BCUT2D eigenvalue weighted by Gasteiger charge is 2.12. The van der Waals surface area contributed by atoms with Crippen molar-refractivity contribution in [1.29, 1.82) is 0 Å². The lowest BCUT2D eigenvalue weighted by atomic mass is 10.2. The first kappa shape index (κ1) is 13.6. The van der Waals surface area contributed by atoms with Crippen molar-refractivity contribution in [2.24, 2.45) is 0 Å². The van der Waals surface area contributed by atoms with Gasteiger partial charge in [-0.05, 0) is 29.8 Å². The number of anilines is 2. The number of nitrogens with one attached hydrogen (secondary N) is 2. The number of nitrogens with two attached hydrogens (primary N) is 1. The molecule has 0 atom stereocenters. The van der Waals surface area contributed by atoms with Crippen LogP contribution in [-0.4, -0.2) is 11.8 Å². The Kier molecular flexibility index (Phi) is 4.34. The molecular formula is C15H15N3O2. The van der Waals surface area contributed by atoms with E-state index in [1.165, 1.54) is 0 Å². The molecule has 0 bridgehead atoms. The highest BCUT2D eigenvalue weighted by Crippen LogP contribution is 2.06. The summed E-state index contributed by atoms with van der Waals surface area (Å²) in [6.07, 6.45) is 0. The van der Waals surface area contributed by atoms with E-state index in [4.69, 9.17) is 5.73 Å². The summed E-state index contributed by atoms with van der Waals surface area (Å²) >= 11 is 0. The zero-order chi connectivity index (χ0) is 14.4. The lowest BCUT2D eigenvalue weighted by molar-refractivity contribution is -0.136. The molecule has 2 amide bonds. The minimum absolute atomic E-state index is 0.279. The number of benzene rings is 2. The SMILES string of the molecule is Nc1ccc(CNC(=O)C(=O)Nc2ccccc2)cc1. The summed E-state index contributed by atoms with van der Waals surface area (Å²) in [5.74, 6) is -1.36. The molecule has 0 aromatic heterocycles. The molecule has 2 rings (SSSR count). The van der Waals surface area contributed by atoms with E-state index in [-0.39, 0.29) is 6.54 Å². The summed E-state index contributed by atoms with van der Waals surface area (Å²) in [6.45, 7) is 0.279. The Morgan fingerprint density at radius 3 is 2.20 bits per heavy atom. The average molecular weight is 269 g/mol. The van der Waals surface area contributed by atoms with Gasteiger partial charge in [0.25, 0.3) is 0 Å². The minimum atomic E-state index is -0.688. The van der Waals surface area contributed by atoms with Gasteiger partial charge in [-0.15, -0.1) is 0 Å². The van der Waals surface area contributed by atoms with Crippen LogP contribution >= 0.6 is 0 Å². The second-order valence-corrected chi connectivity index (χ2v) is 4.24. The third kappa shape index (κ3) is 3.84. The Labute approximate surface area is 116 Å². The number of amides is 2. The first-order chi connectivity index (χ1) is 9.65. The molecule has 0 unspecified atom stereocenters. The molecule has 0 aliphatic rings. The van der Waals surface area contributed by atoms with Crippen molar-refractivity contribution in [2.75, 3.05) is 11.1 Å². The Hall–Kier alpha value is -2.82. The van der Waals surface area contributed by atoms with Crippen LogP contribution in [0, 0.1) is 0 Å². The number of para-hydroxylation sites is 1. The average Bonchev–Trinajstić information content (AvgIpc) is 2.47. The predicted molar refractivity (Wildman–Crippen MR) is 77.8 cm³/mol. The Bertz CT molecular complexity index is 594. The van der Waals surface area contributed by atoms with Crippen LogP contribution in [0.3, 0.4) is 0 Å². The molecule has 20 heavy (non-hydrogen) atoms. The molecule has 4 N–H and O–H groups in total.